The van der Waals surface area contributed by atoms with Crippen LogP contribution in [0.2, 0.25) is 5.02 Å². The highest BCUT2D eigenvalue weighted by Gasteiger charge is 2.10. The van der Waals surface area contributed by atoms with Crippen molar-refractivity contribution >= 4 is 28.4 Å². The van der Waals surface area contributed by atoms with Gasteiger partial charge in [-0.05, 0) is 40.4 Å². The zero-order valence-electron chi connectivity index (χ0n) is 9.49. The average Bonchev–Trinajstić information content (AvgIpc) is 2.38. The topological polar surface area (TPSA) is 43.1 Å². The minimum absolute atomic E-state index is 0.312. The molecule has 0 fully saturated rings. The highest BCUT2D eigenvalue weighted by Crippen LogP contribution is 2.28. The molecule has 18 heavy (non-hydrogen) atoms. The molecule has 0 aliphatic heterocycles. The molecule has 0 unspecified atom stereocenters. The number of carbonyl (C=O) groups is 1. The van der Waals surface area contributed by atoms with E-state index in [1.165, 1.54) is 0 Å². The van der Waals surface area contributed by atoms with Gasteiger partial charge in [-0.2, -0.15) is 0 Å². The summed E-state index contributed by atoms with van der Waals surface area (Å²) in [4.78, 5) is 11.1. The van der Waals surface area contributed by atoms with Crippen LogP contribution < -0.4 is 5.73 Å². The van der Waals surface area contributed by atoms with Crippen molar-refractivity contribution in [2.75, 3.05) is 0 Å². The number of hydrogen-bond donors (Lipinski definition) is 1. The Morgan fingerprint density at radius 1 is 1.17 bits per heavy atom. The maximum absolute atomic E-state index is 11.1. The van der Waals surface area contributed by atoms with E-state index in [1.807, 2.05) is 30.3 Å². The minimum atomic E-state index is -0.557. The van der Waals surface area contributed by atoms with Gasteiger partial charge in [0.1, 0.15) is 0 Å². The summed E-state index contributed by atoms with van der Waals surface area (Å²) in [5, 5.41) is -0.210. The maximum Gasteiger partial charge on any atom is 0.253 e. The molecule has 0 spiro atoms. The molecule has 0 saturated carbocycles. The van der Waals surface area contributed by atoms with Gasteiger partial charge in [0.15, 0.2) is 0 Å². The van der Waals surface area contributed by atoms with Gasteiger partial charge in [0.25, 0.3) is 5.24 Å². The molecule has 0 radical (unpaired) electrons. The van der Waals surface area contributed by atoms with Crippen LogP contribution in [0.25, 0.3) is 11.1 Å². The molecule has 0 heterocycles. The Balaban J connectivity index is 2.52. The number of carbonyl (C=O) groups excluding carboxylic acids is 1. The van der Waals surface area contributed by atoms with Crippen LogP contribution in [-0.2, 0) is 6.54 Å². The van der Waals surface area contributed by atoms with Crippen LogP contribution >= 0.6 is 23.2 Å². The highest BCUT2D eigenvalue weighted by molar-refractivity contribution is 6.68. The van der Waals surface area contributed by atoms with Crippen LogP contribution in [0, 0.1) is 0 Å². The van der Waals surface area contributed by atoms with Crippen LogP contribution in [0.3, 0.4) is 0 Å². The zero-order chi connectivity index (χ0) is 13.1. The van der Waals surface area contributed by atoms with E-state index in [0.717, 1.165) is 16.7 Å². The lowest BCUT2D eigenvalue weighted by molar-refractivity contribution is 0.108. The second-order valence-electron chi connectivity index (χ2n) is 3.83. The van der Waals surface area contributed by atoms with Crippen LogP contribution in [-0.4, -0.2) is 5.24 Å². The van der Waals surface area contributed by atoms with Gasteiger partial charge >= 0.3 is 0 Å². The predicted octanol–water partition coefficient (Wildman–Crippen LogP) is 3.84. The monoisotopic (exact) mass is 279 g/mol. The van der Waals surface area contributed by atoms with E-state index >= 15 is 0 Å². The van der Waals surface area contributed by atoms with Crippen LogP contribution in [0.1, 0.15) is 15.9 Å². The third kappa shape index (κ3) is 2.56. The molecule has 92 valence electrons. The third-order valence-electron chi connectivity index (χ3n) is 2.73. The maximum atomic E-state index is 11.1. The Morgan fingerprint density at radius 2 is 1.89 bits per heavy atom. The van der Waals surface area contributed by atoms with E-state index in [2.05, 4.69) is 0 Å². The Kier molecular flexibility index (Phi) is 4.02. The second-order valence-corrected chi connectivity index (χ2v) is 4.58. The fourth-order valence-electron chi connectivity index (χ4n) is 1.82. The van der Waals surface area contributed by atoms with E-state index < -0.39 is 5.24 Å². The first-order valence-electron chi connectivity index (χ1n) is 5.41. The highest BCUT2D eigenvalue weighted by atomic mass is 35.5. The standard InChI is InChI=1S/C14H11Cl2NO/c15-13-7-9(5-6-12(13)14(16)18)11-4-2-1-3-10(11)8-17/h1-7H,8,17H2. The molecule has 4 heteroatoms. The zero-order valence-corrected chi connectivity index (χ0v) is 11.0. The Hall–Kier alpha value is -1.35. The van der Waals surface area contributed by atoms with Crippen LogP contribution in [0.4, 0.5) is 0 Å². The molecule has 0 aromatic heterocycles. The van der Waals surface area contributed by atoms with Crippen molar-refractivity contribution in [1.82, 2.24) is 0 Å². The van der Waals surface area contributed by atoms with E-state index in [-0.39, 0.29) is 0 Å². The normalized spacial score (nSPS) is 10.4. The molecule has 0 aliphatic rings. The number of rotatable bonds is 3. The molecular formula is C14H11Cl2NO. The summed E-state index contributed by atoms with van der Waals surface area (Å²) in [5.74, 6) is 0. The summed E-state index contributed by atoms with van der Waals surface area (Å²) in [7, 11) is 0. The quantitative estimate of drug-likeness (QED) is 0.868. The first-order valence-corrected chi connectivity index (χ1v) is 6.17. The van der Waals surface area contributed by atoms with Crippen LogP contribution in [0.15, 0.2) is 42.5 Å². The van der Waals surface area contributed by atoms with Gasteiger partial charge < -0.3 is 5.73 Å². The largest absolute Gasteiger partial charge is 0.326 e. The van der Waals surface area contributed by atoms with Crippen LogP contribution in [0.5, 0.6) is 0 Å². The Bertz CT molecular complexity index is 596. The molecule has 0 bridgehead atoms. The van der Waals surface area contributed by atoms with E-state index in [4.69, 9.17) is 28.9 Å². The first kappa shape index (κ1) is 13.1. The van der Waals surface area contributed by atoms with Gasteiger partial charge in [0, 0.05) is 6.54 Å². The molecule has 2 N–H and O–H groups in total. The average molecular weight is 280 g/mol. The van der Waals surface area contributed by atoms with E-state index in [9.17, 15) is 4.79 Å². The van der Waals surface area contributed by atoms with Crippen molar-refractivity contribution in [3.8, 4) is 11.1 Å². The Morgan fingerprint density at radius 3 is 2.50 bits per heavy atom. The summed E-state index contributed by atoms with van der Waals surface area (Å²) in [6.07, 6.45) is 0. The number of benzene rings is 2. The third-order valence-corrected chi connectivity index (χ3v) is 3.25. The summed E-state index contributed by atoms with van der Waals surface area (Å²) >= 11 is 11.5. The molecule has 2 aromatic rings. The number of hydrogen-bond acceptors (Lipinski definition) is 2. The molecule has 0 amide bonds. The molecular weight excluding hydrogens is 269 g/mol. The summed E-state index contributed by atoms with van der Waals surface area (Å²) < 4.78 is 0. The van der Waals surface area contributed by atoms with Gasteiger partial charge in [-0.3, -0.25) is 4.79 Å². The summed E-state index contributed by atoms with van der Waals surface area (Å²) in [5.41, 5.74) is 8.96. The lowest BCUT2D eigenvalue weighted by atomic mass is 9.99. The lowest BCUT2D eigenvalue weighted by Gasteiger charge is -2.09. The number of halogens is 2. The fourth-order valence-corrected chi connectivity index (χ4v) is 2.30. The van der Waals surface area contributed by atoms with Gasteiger partial charge in [-0.15, -0.1) is 0 Å². The van der Waals surface area contributed by atoms with Crippen molar-refractivity contribution in [1.29, 1.82) is 0 Å². The summed E-state index contributed by atoms with van der Waals surface area (Å²) in [6.45, 7) is 0.448. The van der Waals surface area contributed by atoms with Gasteiger partial charge in [0.05, 0.1) is 10.6 Å². The predicted molar refractivity (Wildman–Crippen MR) is 75.0 cm³/mol. The first-order chi connectivity index (χ1) is 8.63. The van der Waals surface area contributed by atoms with Crippen molar-refractivity contribution in [2.24, 2.45) is 5.73 Å². The molecule has 2 aromatic carbocycles. The van der Waals surface area contributed by atoms with Crippen molar-refractivity contribution < 1.29 is 4.79 Å². The fraction of sp³-hybridized carbons (Fsp3) is 0.0714. The van der Waals surface area contributed by atoms with Crippen molar-refractivity contribution in [3.63, 3.8) is 0 Å². The molecule has 2 nitrogen and oxygen atoms in total. The second kappa shape index (κ2) is 5.53. The molecule has 2 rings (SSSR count). The van der Waals surface area contributed by atoms with Crippen molar-refractivity contribution in [2.45, 2.75) is 6.54 Å². The van der Waals surface area contributed by atoms with Crippen molar-refractivity contribution in [3.05, 3.63) is 58.6 Å². The number of nitrogens with two attached hydrogens (primary N) is 1. The van der Waals surface area contributed by atoms with Gasteiger partial charge in [-0.25, -0.2) is 0 Å². The van der Waals surface area contributed by atoms with Gasteiger partial charge in [-0.1, -0.05) is 41.9 Å². The molecule has 0 saturated heterocycles. The molecule has 0 atom stereocenters. The SMILES string of the molecule is NCc1ccccc1-c1ccc(C(=O)Cl)c(Cl)c1. The van der Waals surface area contributed by atoms with Gasteiger partial charge in [0.2, 0.25) is 0 Å². The van der Waals surface area contributed by atoms with E-state index in [1.54, 1.807) is 12.1 Å². The smallest absolute Gasteiger partial charge is 0.253 e. The summed E-state index contributed by atoms with van der Waals surface area (Å²) in [6, 6.07) is 13.0. The lowest BCUT2D eigenvalue weighted by Crippen LogP contribution is -1.99. The minimum Gasteiger partial charge on any atom is -0.326 e. The van der Waals surface area contributed by atoms with E-state index in [0.29, 0.717) is 17.1 Å². The molecule has 0 aliphatic carbocycles. The Labute approximate surface area is 115 Å².